The van der Waals surface area contributed by atoms with Crippen LogP contribution in [0.5, 0.6) is 0 Å². The molecular weight excluding hydrogens is 272 g/mol. The van der Waals surface area contributed by atoms with E-state index in [-0.39, 0.29) is 11.1 Å². The number of rotatable bonds is 4. The van der Waals surface area contributed by atoms with Crippen LogP contribution >= 0.6 is 0 Å². The number of carbonyl (C=O) groups excluding carboxylic acids is 1. The lowest BCUT2D eigenvalue weighted by Gasteiger charge is -2.08. The molecule has 0 unspecified atom stereocenters. The molecule has 0 aliphatic carbocycles. The first-order valence-electron chi connectivity index (χ1n) is 6.75. The van der Waals surface area contributed by atoms with Crippen LogP contribution in [0.4, 0.5) is 0 Å². The molecule has 0 radical (unpaired) electrons. The summed E-state index contributed by atoms with van der Waals surface area (Å²) in [6.07, 6.45) is 4.67. The number of aromatic nitrogens is 4. The Balaban J connectivity index is 2.69. The third-order valence-corrected chi connectivity index (χ3v) is 3.22. The highest BCUT2D eigenvalue weighted by molar-refractivity contribution is 5.87. The van der Waals surface area contributed by atoms with E-state index in [0.29, 0.717) is 12.0 Å². The Kier molecular flexibility index (Phi) is 4.21. The zero-order chi connectivity index (χ0) is 15.6. The van der Waals surface area contributed by atoms with Gasteiger partial charge in [0, 0.05) is 18.8 Å². The third-order valence-electron chi connectivity index (χ3n) is 3.22. The van der Waals surface area contributed by atoms with Crippen LogP contribution in [0.15, 0.2) is 17.2 Å². The molecule has 0 N–H and O–H groups in total. The van der Waals surface area contributed by atoms with Gasteiger partial charge in [-0.25, -0.2) is 9.48 Å². The van der Waals surface area contributed by atoms with Gasteiger partial charge in [0.2, 0.25) is 11.1 Å². The van der Waals surface area contributed by atoms with Gasteiger partial charge >= 0.3 is 5.97 Å². The Morgan fingerprint density at radius 2 is 1.95 bits per heavy atom. The van der Waals surface area contributed by atoms with Gasteiger partial charge in [0.15, 0.2) is 0 Å². The Labute approximate surface area is 122 Å². The second-order valence-corrected chi connectivity index (χ2v) is 4.61. The third kappa shape index (κ3) is 2.72. The maximum Gasteiger partial charge on any atom is 0.362 e. The minimum Gasteiger partial charge on any atom is -0.464 e. The molecule has 0 spiro atoms. The average Bonchev–Trinajstić information content (AvgIpc) is 2.87. The van der Waals surface area contributed by atoms with Gasteiger partial charge in [-0.2, -0.15) is 10.2 Å². The highest BCUT2D eigenvalue weighted by atomic mass is 16.5. The van der Waals surface area contributed by atoms with E-state index in [4.69, 9.17) is 0 Å². The molecule has 0 aliphatic rings. The molecule has 0 aromatic carbocycles. The van der Waals surface area contributed by atoms with Crippen molar-refractivity contribution in [3.05, 3.63) is 39.6 Å². The highest BCUT2D eigenvalue weighted by Crippen LogP contribution is 2.13. The van der Waals surface area contributed by atoms with Crippen molar-refractivity contribution in [3.8, 4) is 5.69 Å². The molecule has 2 aromatic rings. The van der Waals surface area contributed by atoms with E-state index in [9.17, 15) is 9.59 Å². The van der Waals surface area contributed by atoms with E-state index in [1.54, 1.807) is 17.1 Å². The van der Waals surface area contributed by atoms with Crippen LogP contribution in [0, 0.1) is 0 Å². The molecule has 0 atom stereocenters. The number of hydrogen-bond acceptors (Lipinski definition) is 5. The summed E-state index contributed by atoms with van der Waals surface area (Å²) >= 11 is 0. The number of methoxy groups -OCH3 is 1. The maximum absolute atomic E-state index is 12.1. The van der Waals surface area contributed by atoms with Crippen LogP contribution in [0.1, 0.15) is 35.6 Å². The first kappa shape index (κ1) is 15.0. The lowest BCUT2D eigenvalue weighted by atomic mass is 10.2. The molecule has 21 heavy (non-hydrogen) atoms. The second-order valence-electron chi connectivity index (χ2n) is 4.61. The quantitative estimate of drug-likeness (QED) is 0.781. The van der Waals surface area contributed by atoms with E-state index in [1.807, 2.05) is 20.9 Å². The molecule has 2 heterocycles. The average molecular weight is 290 g/mol. The van der Waals surface area contributed by atoms with Gasteiger partial charge in [-0.05, 0) is 12.8 Å². The number of nitrogens with zero attached hydrogens (tertiary/aromatic N) is 4. The topological polar surface area (TPSA) is 79.0 Å². The Hall–Kier alpha value is -2.44. The number of esters is 1. The first-order valence-corrected chi connectivity index (χ1v) is 6.75. The summed E-state index contributed by atoms with van der Waals surface area (Å²) in [5, 5.41) is 8.46. The summed E-state index contributed by atoms with van der Waals surface area (Å²) < 4.78 is 7.84. The lowest BCUT2D eigenvalue weighted by Crippen LogP contribution is -2.25. The lowest BCUT2D eigenvalue weighted by molar-refractivity contribution is 0.0590. The minimum atomic E-state index is -0.731. The fourth-order valence-corrected chi connectivity index (χ4v) is 2.11. The van der Waals surface area contributed by atoms with Gasteiger partial charge < -0.3 is 4.74 Å². The molecule has 0 bridgehead atoms. The van der Waals surface area contributed by atoms with E-state index in [1.165, 1.54) is 11.8 Å². The molecule has 2 rings (SSSR count). The van der Waals surface area contributed by atoms with Gasteiger partial charge in [0.25, 0.3) is 0 Å². The number of aryl methyl sites for hydroxylation is 3. The predicted octanol–water partition coefficient (Wildman–Crippen LogP) is 0.877. The largest absolute Gasteiger partial charge is 0.464 e. The van der Waals surface area contributed by atoms with E-state index >= 15 is 0 Å². The number of ether oxygens (including phenoxy) is 1. The monoisotopic (exact) mass is 290 g/mol. The van der Waals surface area contributed by atoms with Crippen molar-refractivity contribution in [1.29, 1.82) is 0 Å². The fourth-order valence-electron chi connectivity index (χ4n) is 2.11. The summed E-state index contributed by atoms with van der Waals surface area (Å²) in [5.41, 5.74) is 1.51. The summed E-state index contributed by atoms with van der Waals surface area (Å²) in [6.45, 7) is 3.84. The summed E-state index contributed by atoms with van der Waals surface area (Å²) in [7, 11) is 3.04. The molecular formula is C14H18N4O3. The Bertz CT molecular complexity index is 730. The van der Waals surface area contributed by atoms with Crippen molar-refractivity contribution >= 4 is 5.97 Å². The van der Waals surface area contributed by atoms with Crippen molar-refractivity contribution in [2.24, 2.45) is 7.05 Å². The van der Waals surface area contributed by atoms with Crippen molar-refractivity contribution in [2.75, 3.05) is 7.11 Å². The minimum absolute atomic E-state index is 0.206. The molecule has 0 saturated heterocycles. The van der Waals surface area contributed by atoms with E-state index in [0.717, 1.165) is 17.8 Å². The Morgan fingerprint density at radius 1 is 1.24 bits per heavy atom. The summed E-state index contributed by atoms with van der Waals surface area (Å²) in [5.74, 6) is -0.731. The van der Waals surface area contributed by atoms with Crippen LogP contribution in [-0.4, -0.2) is 32.6 Å². The second kappa shape index (κ2) is 5.90. The van der Waals surface area contributed by atoms with Crippen LogP contribution in [0.3, 0.4) is 0 Å². The van der Waals surface area contributed by atoms with Crippen LogP contribution in [-0.2, 0) is 24.6 Å². The molecule has 112 valence electrons. The molecule has 0 fully saturated rings. The van der Waals surface area contributed by atoms with Gasteiger partial charge in [-0.15, -0.1) is 0 Å². The molecule has 7 heteroatoms. The van der Waals surface area contributed by atoms with Crippen LogP contribution < -0.4 is 5.43 Å². The van der Waals surface area contributed by atoms with Crippen LogP contribution in [0.25, 0.3) is 5.69 Å². The van der Waals surface area contributed by atoms with Gasteiger partial charge in [-0.3, -0.25) is 9.48 Å². The number of hydrogen-bond donors (Lipinski definition) is 0. The molecule has 2 aromatic heterocycles. The number of carbonyl (C=O) groups is 1. The van der Waals surface area contributed by atoms with Crippen molar-refractivity contribution < 1.29 is 9.53 Å². The van der Waals surface area contributed by atoms with E-state index < -0.39 is 5.97 Å². The van der Waals surface area contributed by atoms with Gasteiger partial charge in [0.05, 0.1) is 19.0 Å². The van der Waals surface area contributed by atoms with Crippen molar-refractivity contribution in [3.63, 3.8) is 0 Å². The first-order chi connectivity index (χ1) is 10.0. The maximum atomic E-state index is 12.1. The van der Waals surface area contributed by atoms with Crippen molar-refractivity contribution in [1.82, 2.24) is 19.6 Å². The fraction of sp³-hybridized carbons (Fsp3) is 0.429. The van der Waals surface area contributed by atoms with Crippen molar-refractivity contribution in [2.45, 2.75) is 26.7 Å². The van der Waals surface area contributed by atoms with Gasteiger partial charge in [-0.1, -0.05) is 13.8 Å². The molecule has 0 amide bonds. The van der Waals surface area contributed by atoms with Crippen LogP contribution in [0.2, 0.25) is 0 Å². The van der Waals surface area contributed by atoms with Gasteiger partial charge in [0.1, 0.15) is 5.69 Å². The smallest absolute Gasteiger partial charge is 0.362 e. The summed E-state index contributed by atoms with van der Waals surface area (Å²) in [4.78, 5) is 23.9. The SMILES string of the molecule is CCc1nn(C)cc1-n1cc(CC)c(=O)c(C(=O)OC)n1. The predicted molar refractivity (Wildman–Crippen MR) is 76.7 cm³/mol. The molecule has 7 nitrogen and oxygen atoms in total. The Morgan fingerprint density at radius 3 is 2.52 bits per heavy atom. The standard InChI is InChI=1S/C14H18N4O3/c1-5-9-7-18(11-8-17(3)15-10(11)6-2)16-12(13(9)19)14(20)21-4/h7-8H,5-6H2,1-4H3. The molecule has 0 aliphatic heterocycles. The normalized spacial score (nSPS) is 10.7. The zero-order valence-corrected chi connectivity index (χ0v) is 12.6. The van der Waals surface area contributed by atoms with E-state index in [2.05, 4.69) is 14.9 Å². The zero-order valence-electron chi connectivity index (χ0n) is 12.6. The molecule has 0 saturated carbocycles. The highest BCUT2D eigenvalue weighted by Gasteiger charge is 2.18. The summed E-state index contributed by atoms with van der Waals surface area (Å²) in [6, 6.07) is 0.